The van der Waals surface area contributed by atoms with Gasteiger partial charge < -0.3 is 0 Å². The Labute approximate surface area is 235 Å². The van der Waals surface area contributed by atoms with Gasteiger partial charge in [0, 0.05) is 24.5 Å². The zero-order valence-electron chi connectivity index (χ0n) is 21.1. The van der Waals surface area contributed by atoms with Gasteiger partial charge >= 0.3 is 0 Å². The molecule has 2 aliphatic heterocycles. The van der Waals surface area contributed by atoms with E-state index < -0.39 is 0 Å². The molecule has 3 aromatic carbocycles. The highest BCUT2D eigenvalue weighted by molar-refractivity contribution is 8.18. The minimum atomic E-state index is -0.0833. The largest absolute Gasteiger partial charge is 0.282 e. The second-order valence-corrected chi connectivity index (χ2v) is 10.9. The molecule has 1 aromatic heterocycles. The van der Waals surface area contributed by atoms with Crippen molar-refractivity contribution >= 4 is 56.8 Å². The first-order valence-corrected chi connectivity index (χ1v) is 14.3. The number of hydrazone groups is 1. The van der Waals surface area contributed by atoms with Crippen LogP contribution >= 0.6 is 23.1 Å². The van der Waals surface area contributed by atoms with Crippen LogP contribution in [0.1, 0.15) is 29.2 Å². The van der Waals surface area contributed by atoms with Crippen molar-refractivity contribution in [2.75, 3.05) is 11.6 Å². The number of thioether (sulfide) groups is 1. The van der Waals surface area contributed by atoms with Crippen LogP contribution in [-0.2, 0) is 4.79 Å². The first-order valence-electron chi connectivity index (χ1n) is 12.6. The van der Waals surface area contributed by atoms with Crippen LogP contribution in [-0.4, -0.2) is 33.2 Å². The fourth-order valence-corrected chi connectivity index (χ4v) is 6.15. The summed E-state index contributed by atoms with van der Waals surface area (Å²) in [5.74, 6) is -0.0833. The number of amides is 1. The number of rotatable bonds is 7. The monoisotopic (exact) mass is 547 g/mol. The average Bonchev–Trinajstić information content (AvgIpc) is 3.72. The van der Waals surface area contributed by atoms with E-state index in [0.717, 1.165) is 28.9 Å². The molecule has 1 unspecified atom stereocenters. The van der Waals surface area contributed by atoms with Crippen molar-refractivity contribution < 1.29 is 4.79 Å². The van der Waals surface area contributed by atoms with E-state index in [4.69, 9.17) is 5.10 Å². The third-order valence-corrected chi connectivity index (χ3v) is 8.14. The normalized spacial score (nSPS) is 19.2. The lowest BCUT2D eigenvalue weighted by Gasteiger charge is -2.24. The molecular weight excluding hydrogens is 523 g/mol. The predicted octanol–water partition coefficient (Wildman–Crippen LogP) is 7.29. The predicted molar refractivity (Wildman–Crippen MR) is 162 cm³/mol. The number of hydrogen-bond acceptors (Lipinski definition) is 7. The Morgan fingerprint density at radius 3 is 2.44 bits per heavy atom. The van der Waals surface area contributed by atoms with Crippen molar-refractivity contribution in [1.29, 1.82) is 0 Å². The van der Waals surface area contributed by atoms with E-state index in [-0.39, 0.29) is 11.9 Å². The third kappa shape index (κ3) is 5.34. The van der Waals surface area contributed by atoms with Gasteiger partial charge in [-0.3, -0.25) is 14.7 Å². The topological polar surface area (TPSA) is 61.2 Å². The summed E-state index contributed by atoms with van der Waals surface area (Å²) in [5, 5.41) is 10.3. The number of carbonyl (C=O) groups excluding carboxylic acids is 1. The van der Waals surface area contributed by atoms with Crippen LogP contribution in [0.5, 0.6) is 0 Å². The van der Waals surface area contributed by atoms with Gasteiger partial charge in [0.15, 0.2) is 5.17 Å². The Morgan fingerprint density at radius 2 is 1.74 bits per heavy atom. The van der Waals surface area contributed by atoms with E-state index in [0.29, 0.717) is 21.7 Å². The molecule has 1 fully saturated rings. The Kier molecular flexibility index (Phi) is 7.21. The molecule has 2 aliphatic rings. The number of thiazole rings is 1. The van der Waals surface area contributed by atoms with Crippen LogP contribution in [0.25, 0.3) is 6.08 Å². The Bertz CT molecular complexity index is 1560. The molecule has 39 heavy (non-hydrogen) atoms. The fourth-order valence-electron chi connectivity index (χ4n) is 4.60. The van der Waals surface area contributed by atoms with Crippen LogP contribution in [0, 0.1) is 0 Å². The van der Waals surface area contributed by atoms with Crippen molar-refractivity contribution in [3.63, 3.8) is 0 Å². The molecule has 0 spiro atoms. The lowest BCUT2D eigenvalue weighted by molar-refractivity contribution is -0.121. The smallest absolute Gasteiger partial charge is 0.267 e. The maximum atomic E-state index is 13.2. The maximum absolute atomic E-state index is 13.2. The standard InChI is InChI=1S/C31H25N5OS2/c1-2-18-35-29(37)28(39-31(35)33-30-32-17-19-38-30)20-22-13-15-25(16-14-22)36-27(24-11-7-4-8-12-24)21-26(34-36)23-9-5-3-6-10-23/h2-17,19-20,27H,1,18,21H2. The highest BCUT2D eigenvalue weighted by Crippen LogP contribution is 2.38. The van der Waals surface area contributed by atoms with Crippen molar-refractivity contribution in [1.82, 2.24) is 9.88 Å². The minimum absolute atomic E-state index is 0.0833. The Morgan fingerprint density at radius 1 is 1.00 bits per heavy atom. The molecule has 1 atom stereocenters. The summed E-state index contributed by atoms with van der Waals surface area (Å²) in [5.41, 5.74) is 5.37. The van der Waals surface area contributed by atoms with Gasteiger partial charge in [0.2, 0.25) is 5.13 Å². The van der Waals surface area contributed by atoms with Crippen molar-refractivity contribution in [2.45, 2.75) is 12.5 Å². The van der Waals surface area contributed by atoms with Gasteiger partial charge in [0.05, 0.1) is 22.3 Å². The number of anilines is 1. The van der Waals surface area contributed by atoms with Gasteiger partial charge in [-0.15, -0.1) is 17.9 Å². The number of benzene rings is 3. The van der Waals surface area contributed by atoms with Crippen LogP contribution in [0.2, 0.25) is 0 Å². The number of aliphatic imine (C=N–C) groups is 1. The molecule has 192 valence electrons. The first kappa shape index (κ1) is 25.0. The molecule has 8 heteroatoms. The lowest BCUT2D eigenvalue weighted by atomic mass is 9.98. The van der Waals surface area contributed by atoms with Crippen LogP contribution in [0.15, 0.2) is 124 Å². The number of nitrogens with zero attached hydrogens (tertiary/aromatic N) is 5. The van der Waals surface area contributed by atoms with Crippen molar-refractivity contribution in [3.05, 3.63) is 131 Å². The first-order chi connectivity index (χ1) is 19.2. The number of carbonyl (C=O) groups is 1. The summed E-state index contributed by atoms with van der Waals surface area (Å²) in [6.45, 7) is 4.19. The van der Waals surface area contributed by atoms with Crippen molar-refractivity contribution in [2.24, 2.45) is 10.1 Å². The van der Waals surface area contributed by atoms with Gasteiger partial charge in [0.1, 0.15) is 0 Å². The SMILES string of the molecule is C=CCN1C(=O)C(=Cc2ccc(N3N=C(c4ccccc4)CC3c3ccccc3)cc2)SC1=Nc1nccs1. The van der Waals surface area contributed by atoms with Gasteiger partial charge in [-0.1, -0.05) is 78.9 Å². The van der Waals surface area contributed by atoms with E-state index in [9.17, 15) is 4.79 Å². The third-order valence-electron chi connectivity index (χ3n) is 6.47. The Hall–Kier alpha value is -4.27. The quantitative estimate of drug-likeness (QED) is 0.180. The van der Waals surface area contributed by atoms with E-state index in [1.54, 1.807) is 17.2 Å². The number of hydrogen-bond donors (Lipinski definition) is 0. The lowest BCUT2D eigenvalue weighted by Crippen LogP contribution is -2.29. The fraction of sp³-hybridized carbons (Fsp3) is 0.0968. The summed E-state index contributed by atoms with van der Waals surface area (Å²) >= 11 is 2.80. The molecular formula is C31H25N5OS2. The molecule has 0 aliphatic carbocycles. The molecule has 1 amide bonds. The van der Waals surface area contributed by atoms with Gasteiger partial charge in [0.25, 0.3) is 5.91 Å². The molecule has 6 rings (SSSR count). The molecule has 0 radical (unpaired) electrons. The van der Waals surface area contributed by atoms with E-state index >= 15 is 0 Å². The molecule has 4 aromatic rings. The molecule has 0 bridgehead atoms. The van der Waals surface area contributed by atoms with Crippen molar-refractivity contribution in [3.8, 4) is 0 Å². The van der Waals surface area contributed by atoms with Gasteiger partial charge in [-0.05, 0) is 46.7 Å². The zero-order valence-corrected chi connectivity index (χ0v) is 22.7. The summed E-state index contributed by atoms with van der Waals surface area (Å²) < 4.78 is 0. The molecule has 6 nitrogen and oxygen atoms in total. The van der Waals surface area contributed by atoms with Gasteiger partial charge in [-0.25, -0.2) is 4.98 Å². The van der Waals surface area contributed by atoms with Crippen LogP contribution in [0.3, 0.4) is 0 Å². The molecule has 0 saturated carbocycles. The molecule has 1 saturated heterocycles. The summed E-state index contributed by atoms with van der Waals surface area (Å²) in [7, 11) is 0. The van der Waals surface area contributed by atoms with E-state index in [1.807, 2.05) is 47.9 Å². The number of amidine groups is 1. The van der Waals surface area contributed by atoms with E-state index in [2.05, 4.69) is 70.1 Å². The van der Waals surface area contributed by atoms with Gasteiger partial charge in [-0.2, -0.15) is 10.1 Å². The average molecular weight is 548 g/mol. The highest BCUT2D eigenvalue weighted by Gasteiger charge is 2.33. The van der Waals surface area contributed by atoms with Crippen LogP contribution in [0.4, 0.5) is 10.8 Å². The van der Waals surface area contributed by atoms with Crippen LogP contribution < -0.4 is 5.01 Å². The second kappa shape index (κ2) is 11.2. The minimum Gasteiger partial charge on any atom is -0.282 e. The number of aromatic nitrogens is 1. The highest BCUT2D eigenvalue weighted by atomic mass is 32.2. The summed E-state index contributed by atoms with van der Waals surface area (Å²) in [6.07, 6.45) is 6.15. The van der Waals surface area contributed by atoms with E-state index in [1.165, 1.54) is 28.7 Å². The Balaban J connectivity index is 1.28. The summed E-state index contributed by atoms with van der Waals surface area (Å²) in [6, 6.07) is 29.1. The zero-order chi connectivity index (χ0) is 26.6. The molecule has 3 heterocycles. The summed E-state index contributed by atoms with van der Waals surface area (Å²) in [4.78, 5) is 24.2. The second-order valence-electron chi connectivity index (χ2n) is 9.00. The maximum Gasteiger partial charge on any atom is 0.267 e. The molecule has 0 N–H and O–H groups in total.